The van der Waals surface area contributed by atoms with E-state index in [9.17, 15) is 13.5 Å². The van der Waals surface area contributed by atoms with Crippen molar-refractivity contribution in [3.63, 3.8) is 0 Å². The fourth-order valence-electron chi connectivity index (χ4n) is 3.32. The standard InChI is InChI=1S/C18H21NO3S/c1-19(16-12-23(21,22)13-17(16)20)18(14-8-4-2-5-9-14)15-10-6-3-7-11-15/h2-11,16-18,20H,12-13H2,1H3/t16-,17+/m1/s1. The Morgan fingerprint density at radius 3 is 1.83 bits per heavy atom. The molecule has 0 spiro atoms. The van der Waals surface area contributed by atoms with Crippen molar-refractivity contribution < 1.29 is 13.5 Å². The summed E-state index contributed by atoms with van der Waals surface area (Å²) in [7, 11) is -1.29. The maximum atomic E-state index is 11.9. The molecule has 1 heterocycles. The van der Waals surface area contributed by atoms with Crippen LogP contribution in [0.25, 0.3) is 0 Å². The molecule has 3 rings (SSSR count). The van der Waals surface area contributed by atoms with Gasteiger partial charge >= 0.3 is 0 Å². The third-order valence-electron chi connectivity index (χ3n) is 4.45. The van der Waals surface area contributed by atoms with Gasteiger partial charge in [-0.3, -0.25) is 4.90 Å². The molecular weight excluding hydrogens is 310 g/mol. The number of sulfone groups is 1. The number of likely N-dealkylation sites (N-methyl/N-ethyl adjacent to an activating group) is 1. The first-order chi connectivity index (χ1) is 11.0. The zero-order valence-electron chi connectivity index (χ0n) is 13.0. The summed E-state index contributed by atoms with van der Waals surface area (Å²) in [5.74, 6) is -0.154. The van der Waals surface area contributed by atoms with Gasteiger partial charge in [0, 0.05) is 0 Å². The fraction of sp³-hybridized carbons (Fsp3) is 0.333. The zero-order valence-corrected chi connectivity index (χ0v) is 13.9. The lowest BCUT2D eigenvalue weighted by molar-refractivity contribution is 0.0830. The Kier molecular flexibility index (Phi) is 4.53. The van der Waals surface area contributed by atoms with E-state index in [2.05, 4.69) is 0 Å². The Morgan fingerprint density at radius 2 is 1.43 bits per heavy atom. The van der Waals surface area contributed by atoms with E-state index in [1.54, 1.807) is 0 Å². The predicted molar refractivity (Wildman–Crippen MR) is 90.9 cm³/mol. The summed E-state index contributed by atoms with van der Waals surface area (Å²) < 4.78 is 23.7. The van der Waals surface area contributed by atoms with Crippen molar-refractivity contribution >= 4 is 9.84 Å². The van der Waals surface area contributed by atoms with Crippen molar-refractivity contribution in [3.8, 4) is 0 Å². The van der Waals surface area contributed by atoms with E-state index in [4.69, 9.17) is 0 Å². The summed E-state index contributed by atoms with van der Waals surface area (Å²) in [6.07, 6.45) is -0.847. The van der Waals surface area contributed by atoms with Crippen LogP contribution >= 0.6 is 0 Å². The average Bonchev–Trinajstić information content (AvgIpc) is 2.82. The molecule has 0 saturated carbocycles. The second kappa shape index (κ2) is 6.43. The molecule has 4 nitrogen and oxygen atoms in total. The van der Waals surface area contributed by atoms with Gasteiger partial charge in [0.05, 0.1) is 29.7 Å². The van der Waals surface area contributed by atoms with Crippen LogP contribution in [0.2, 0.25) is 0 Å². The SMILES string of the molecule is CN(C(c1ccccc1)c1ccccc1)[C@@H]1CS(=O)(=O)C[C@@H]1O. The summed E-state index contributed by atoms with van der Waals surface area (Å²) in [5.41, 5.74) is 2.16. The van der Waals surface area contributed by atoms with Crippen LogP contribution < -0.4 is 0 Å². The van der Waals surface area contributed by atoms with Gasteiger partial charge in [-0.2, -0.15) is 0 Å². The molecule has 5 heteroatoms. The van der Waals surface area contributed by atoms with E-state index in [0.717, 1.165) is 11.1 Å². The Labute approximate surface area is 137 Å². The molecule has 1 aliphatic rings. The molecule has 0 aromatic heterocycles. The number of rotatable bonds is 4. The zero-order chi connectivity index (χ0) is 16.4. The van der Waals surface area contributed by atoms with Crippen LogP contribution in [0, 0.1) is 0 Å². The fourth-order valence-corrected chi connectivity index (χ4v) is 5.18. The van der Waals surface area contributed by atoms with E-state index in [0.29, 0.717) is 0 Å². The van der Waals surface area contributed by atoms with Gasteiger partial charge in [-0.25, -0.2) is 8.42 Å². The van der Waals surface area contributed by atoms with Gasteiger partial charge in [-0.1, -0.05) is 60.7 Å². The lowest BCUT2D eigenvalue weighted by atomic mass is 9.95. The Morgan fingerprint density at radius 1 is 0.957 bits per heavy atom. The maximum absolute atomic E-state index is 11.9. The van der Waals surface area contributed by atoms with Crippen molar-refractivity contribution in [1.29, 1.82) is 0 Å². The number of hydrogen-bond acceptors (Lipinski definition) is 4. The van der Waals surface area contributed by atoms with E-state index < -0.39 is 22.0 Å². The van der Waals surface area contributed by atoms with Crippen LogP contribution in [0.15, 0.2) is 60.7 Å². The first kappa shape index (κ1) is 16.2. The average molecular weight is 331 g/mol. The second-order valence-corrected chi connectivity index (χ2v) is 8.25. The molecule has 122 valence electrons. The lowest BCUT2D eigenvalue weighted by Crippen LogP contribution is -2.43. The van der Waals surface area contributed by atoms with Crippen molar-refractivity contribution in [1.82, 2.24) is 4.90 Å². The highest BCUT2D eigenvalue weighted by Gasteiger charge is 2.41. The molecule has 2 aromatic carbocycles. The Bertz CT molecular complexity index is 707. The van der Waals surface area contributed by atoms with Crippen molar-refractivity contribution in [3.05, 3.63) is 71.8 Å². The summed E-state index contributed by atoms with van der Waals surface area (Å²) in [6.45, 7) is 0. The normalized spacial score (nSPS) is 23.5. The number of nitrogens with zero attached hydrogens (tertiary/aromatic N) is 1. The predicted octanol–water partition coefficient (Wildman–Crippen LogP) is 1.87. The van der Waals surface area contributed by atoms with Crippen molar-refractivity contribution in [2.24, 2.45) is 0 Å². The molecule has 23 heavy (non-hydrogen) atoms. The molecular formula is C18H21NO3S. The van der Waals surface area contributed by atoms with Crippen LogP contribution in [0.3, 0.4) is 0 Å². The number of benzene rings is 2. The number of aliphatic hydroxyl groups excluding tert-OH is 1. The first-order valence-electron chi connectivity index (χ1n) is 7.68. The highest BCUT2D eigenvalue weighted by molar-refractivity contribution is 7.91. The van der Waals surface area contributed by atoms with Gasteiger partial charge in [-0.05, 0) is 18.2 Å². The topological polar surface area (TPSA) is 57.6 Å². The minimum atomic E-state index is -3.18. The Balaban J connectivity index is 1.99. The van der Waals surface area contributed by atoms with Crippen molar-refractivity contribution in [2.45, 2.75) is 18.2 Å². The molecule has 2 atom stereocenters. The summed E-state index contributed by atoms with van der Waals surface area (Å²) in [5, 5.41) is 10.2. The van der Waals surface area contributed by atoms with Crippen LogP contribution in [-0.4, -0.2) is 49.1 Å². The molecule has 0 radical (unpaired) electrons. The highest BCUT2D eigenvalue weighted by atomic mass is 32.2. The largest absolute Gasteiger partial charge is 0.390 e. The quantitative estimate of drug-likeness (QED) is 0.929. The van der Waals surface area contributed by atoms with E-state index in [1.165, 1.54) is 0 Å². The molecule has 1 saturated heterocycles. The molecule has 0 unspecified atom stereocenters. The lowest BCUT2D eigenvalue weighted by Gasteiger charge is -2.34. The molecule has 1 aliphatic heterocycles. The van der Waals surface area contributed by atoms with Crippen LogP contribution in [0.5, 0.6) is 0 Å². The summed E-state index contributed by atoms with van der Waals surface area (Å²) >= 11 is 0. The van der Waals surface area contributed by atoms with Crippen molar-refractivity contribution in [2.75, 3.05) is 18.6 Å². The third-order valence-corrected chi connectivity index (χ3v) is 6.15. The minimum Gasteiger partial charge on any atom is -0.390 e. The molecule has 1 N–H and O–H groups in total. The molecule has 1 fully saturated rings. The monoisotopic (exact) mass is 331 g/mol. The van der Waals surface area contributed by atoms with E-state index in [1.807, 2.05) is 72.6 Å². The Hall–Kier alpha value is -1.69. The van der Waals surface area contributed by atoms with E-state index in [-0.39, 0.29) is 17.5 Å². The van der Waals surface area contributed by atoms with Gasteiger partial charge in [0.1, 0.15) is 0 Å². The van der Waals surface area contributed by atoms with Gasteiger partial charge in [-0.15, -0.1) is 0 Å². The van der Waals surface area contributed by atoms with Crippen LogP contribution in [-0.2, 0) is 9.84 Å². The minimum absolute atomic E-state index is 0.000827. The van der Waals surface area contributed by atoms with E-state index >= 15 is 0 Å². The first-order valence-corrected chi connectivity index (χ1v) is 9.50. The van der Waals surface area contributed by atoms with Gasteiger partial charge in [0.2, 0.25) is 0 Å². The van der Waals surface area contributed by atoms with Crippen LogP contribution in [0.1, 0.15) is 17.2 Å². The smallest absolute Gasteiger partial charge is 0.154 e. The molecule has 0 bridgehead atoms. The third kappa shape index (κ3) is 3.47. The van der Waals surface area contributed by atoms with Crippen LogP contribution in [0.4, 0.5) is 0 Å². The summed E-state index contributed by atoms with van der Waals surface area (Å²) in [6, 6.07) is 19.4. The van der Waals surface area contributed by atoms with Gasteiger partial charge in [0.15, 0.2) is 9.84 Å². The second-order valence-electron chi connectivity index (χ2n) is 6.10. The highest BCUT2D eigenvalue weighted by Crippen LogP contribution is 2.32. The van der Waals surface area contributed by atoms with Gasteiger partial charge < -0.3 is 5.11 Å². The number of aliphatic hydroxyl groups is 1. The van der Waals surface area contributed by atoms with Gasteiger partial charge in [0.25, 0.3) is 0 Å². The number of hydrogen-bond donors (Lipinski definition) is 1. The molecule has 0 amide bonds. The molecule has 0 aliphatic carbocycles. The maximum Gasteiger partial charge on any atom is 0.154 e. The summed E-state index contributed by atoms with van der Waals surface area (Å²) in [4.78, 5) is 1.99. The molecule has 2 aromatic rings.